The van der Waals surface area contributed by atoms with E-state index in [4.69, 9.17) is 4.74 Å². The maximum Gasteiger partial charge on any atom is 0.235 e. The van der Waals surface area contributed by atoms with Gasteiger partial charge in [-0.25, -0.2) is 8.42 Å². The Bertz CT molecular complexity index is 821. The maximum atomic E-state index is 12.2. The number of benzene rings is 2. The fourth-order valence-corrected chi connectivity index (χ4v) is 3.34. The van der Waals surface area contributed by atoms with Gasteiger partial charge >= 0.3 is 0 Å². The summed E-state index contributed by atoms with van der Waals surface area (Å²) in [7, 11) is -1.85. The number of nitrogens with one attached hydrogen (secondary N) is 1. The first kappa shape index (κ1) is 20.9. The van der Waals surface area contributed by atoms with Crippen LogP contribution in [0.4, 0.5) is 0 Å². The topological polar surface area (TPSA) is 75.7 Å². The summed E-state index contributed by atoms with van der Waals surface area (Å²) < 4.78 is 30.3. The first-order valence-electron chi connectivity index (χ1n) is 8.77. The van der Waals surface area contributed by atoms with Gasteiger partial charge in [0.25, 0.3) is 0 Å². The molecule has 0 unspecified atom stereocenters. The average molecular weight is 391 g/mol. The molecule has 1 amide bonds. The Kier molecular flexibility index (Phi) is 7.82. The summed E-state index contributed by atoms with van der Waals surface area (Å²) in [5.74, 6) is 0.512. The van der Waals surface area contributed by atoms with E-state index < -0.39 is 10.0 Å². The largest absolute Gasteiger partial charge is 0.497 e. The number of carbonyl (C=O) groups excluding carboxylic acids is 1. The molecular formula is C20H26N2O4S. The lowest BCUT2D eigenvalue weighted by atomic mass is 10.1. The Labute approximate surface area is 161 Å². The van der Waals surface area contributed by atoms with Gasteiger partial charge in [-0.1, -0.05) is 42.5 Å². The maximum absolute atomic E-state index is 12.2. The quantitative estimate of drug-likeness (QED) is 0.631. The molecule has 6 nitrogen and oxygen atoms in total. The summed E-state index contributed by atoms with van der Waals surface area (Å²) in [4.78, 5) is 12.2. The standard InChI is InChI=1S/C20H26N2O4S/c1-26-19-12-10-17(11-13-19)9-6-14-21-20(23)16-22(27(2,24)25)15-18-7-4-3-5-8-18/h3-5,7-8,10-13H,6,9,14-16H2,1-2H3,(H,21,23). The van der Waals surface area contributed by atoms with Crippen molar-refractivity contribution in [1.82, 2.24) is 9.62 Å². The van der Waals surface area contributed by atoms with E-state index in [2.05, 4.69) is 5.32 Å². The SMILES string of the molecule is COc1ccc(CCCNC(=O)CN(Cc2ccccc2)S(C)(=O)=O)cc1. The van der Waals surface area contributed by atoms with Crippen LogP contribution in [-0.2, 0) is 27.8 Å². The minimum atomic E-state index is -3.48. The minimum absolute atomic E-state index is 0.180. The van der Waals surface area contributed by atoms with Gasteiger partial charge in [0.15, 0.2) is 0 Å². The van der Waals surface area contributed by atoms with Gasteiger partial charge in [0, 0.05) is 13.1 Å². The van der Waals surface area contributed by atoms with Crippen LogP contribution < -0.4 is 10.1 Å². The number of ether oxygens (including phenoxy) is 1. The van der Waals surface area contributed by atoms with Gasteiger partial charge in [-0.3, -0.25) is 4.79 Å². The van der Waals surface area contributed by atoms with Crippen LogP contribution in [0.25, 0.3) is 0 Å². The Balaban J connectivity index is 1.79. The van der Waals surface area contributed by atoms with Gasteiger partial charge < -0.3 is 10.1 Å². The summed E-state index contributed by atoms with van der Waals surface area (Å²) in [5, 5.41) is 2.79. The molecule has 0 bridgehead atoms. The number of rotatable bonds is 10. The molecule has 0 spiro atoms. The third-order valence-electron chi connectivity index (χ3n) is 4.11. The van der Waals surface area contributed by atoms with Gasteiger partial charge in [0.05, 0.1) is 19.9 Å². The number of hydrogen-bond acceptors (Lipinski definition) is 4. The van der Waals surface area contributed by atoms with Crippen LogP contribution in [0.15, 0.2) is 54.6 Å². The monoisotopic (exact) mass is 390 g/mol. The molecule has 0 aliphatic carbocycles. The molecule has 1 N–H and O–H groups in total. The van der Waals surface area contributed by atoms with Crippen molar-refractivity contribution in [2.24, 2.45) is 0 Å². The van der Waals surface area contributed by atoms with Crippen LogP contribution in [0.1, 0.15) is 17.5 Å². The fraction of sp³-hybridized carbons (Fsp3) is 0.350. The molecule has 2 aromatic rings. The lowest BCUT2D eigenvalue weighted by Gasteiger charge is -2.19. The molecule has 0 aliphatic heterocycles. The Morgan fingerprint density at radius 3 is 2.30 bits per heavy atom. The lowest BCUT2D eigenvalue weighted by molar-refractivity contribution is -0.121. The predicted octanol–water partition coefficient (Wildman–Crippen LogP) is 2.21. The van der Waals surface area contributed by atoms with Gasteiger partial charge in [-0.05, 0) is 36.1 Å². The number of nitrogens with zero attached hydrogens (tertiary/aromatic N) is 1. The number of amides is 1. The molecule has 0 saturated heterocycles. The third-order valence-corrected chi connectivity index (χ3v) is 5.31. The number of hydrogen-bond donors (Lipinski definition) is 1. The highest BCUT2D eigenvalue weighted by atomic mass is 32.2. The second-order valence-corrected chi connectivity index (χ2v) is 8.30. The zero-order valence-electron chi connectivity index (χ0n) is 15.7. The first-order chi connectivity index (χ1) is 12.9. The van der Waals surface area contributed by atoms with Crippen LogP contribution in [0.5, 0.6) is 5.75 Å². The summed E-state index contributed by atoms with van der Waals surface area (Å²) in [5.41, 5.74) is 2.00. The molecule has 0 fully saturated rings. The van der Waals surface area contributed by atoms with E-state index in [1.165, 1.54) is 4.31 Å². The van der Waals surface area contributed by atoms with Gasteiger partial charge in [-0.15, -0.1) is 0 Å². The minimum Gasteiger partial charge on any atom is -0.497 e. The molecule has 0 atom stereocenters. The predicted molar refractivity (Wildman–Crippen MR) is 106 cm³/mol. The lowest BCUT2D eigenvalue weighted by Crippen LogP contribution is -2.40. The molecule has 2 rings (SSSR count). The molecule has 27 heavy (non-hydrogen) atoms. The summed E-state index contributed by atoms with van der Waals surface area (Å²) in [6.45, 7) is 0.489. The molecule has 7 heteroatoms. The Morgan fingerprint density at radius 1 is 1.04 bits per heavy atom. The smallest absolute Gasteiger partial charge is 0.235 e. The highest BCUT2D eigenvalue weighted by Gasteiger charge is 2.20. The van der Waals surface area contributed by atoms with Crippen molar-refractivity contribution in [2.75, 3.05) is 26.5 Å². The normalized spacial score (nSPS) is 11.4. The molecule has 0 saturated carbocycles. The molecule has 0 aromatic heterocycles. The molecule has 0 aliphatic rings. The van der Waals surface area contributed by atoms with Crippen molar-refractivity contribution in [3.05, 3.63) is 65.7 Å². The Hall–Kier alpha value is -2.38. The van der Waals surface area contributed by atoms with Crippen molar-refractivity contribution >= 4 is 15.9 Å². The highest BCUT2D eigenvalue weighted by molar-refractivity contribution is 7.88. The molecule has 2 aromatic carbocycles. The van der Waals surface area contributed by atoms with Crippen molar-refractivity contribution in [1.29, 1.82) is 0 Å². The van der Waals surface area contributed by atoms with E-state index in [1.807, 2.05) is 54.6 Å². The van der Waals surface area contributed by atoms with Crippen molar-refractivity contribution < 1.29 is 17.9 Å². The van der Waals surface area contributed by atoms with Gasteiger partial charge in [-0.2, -0.15) is 4.31 Å². The van der Waals surface area contributed by atoms with Crippen molar-refractivity contribution in [2.45, 2.75) is 19.4 Å². The summed E-state index contributed by atoms with van der Waals surface area (Å²) >= 11 is 0. The van der Waals surface area contributed by atoms with Gasteiger partial charge in [0.1, 0.15) is 5.75 Å². The van der Waals surface area contributed by atoms with Gasteiger partial charge in [0.2, 0.25) is 15.9 Å². The number of aryl methyl sites for hydroxylation is 1. The van der Waals surface area contributed by atoms with Crippen LogP contribution in [0.3, 0.4) is 0 Å². The Morgan fingerprint density at radius 2 is 1.70 bits per heavy atom. The van der Waals surface area contributed by atoms with E-state index in [1.54, 1.807) is 7.11 Å². The van der Waals surface area contributed by atoms with E-state index in [9.17, 15) is 13.2 Å². The number of methoxy groups -OCH3 is 1. The summed E-state index contributed by atoms with van der Waals surface area (Å²) in [6.07, 6.45) is 2.71. The zero-order valence-corrected chi connectivity index (χ0v) is 16.5. The van der Waals surface area contributed by atoms with E-state index >= 15 is 0 Å². The van der Waals surface area contributed by atoms with Crippen LogP contribution in [0, 0.1) is 0 Å². The van der Waals surface area contributed by atoms with E-state index in [0.717, 1.165) is 36.0 Å². The molecule has 0 radical (unpaired) electrons. The second-order valence-electron chi connectivity index (χ2n) is 6.32. The number of carbonyl (C=O) groups is 1. The fourth-order valence-electron chi connectivity index (χ4n) is 2.61. The van der Waals surface area contributed by atoms with Crippen molar-refractivity contribution in [3.8, 4) is 5.75 Å². The highest BCUT2D eigenvalue weighted by Crippen LogP contribution is 2.12. The zero-order chi connectivity index (χ0) is 19.7. The first-order valence-corrected chi connectivity index (χ1v) is 10.6. The van der Waals surface area contributed by atoms with Crippen LogP contribution in [0.2, 0.25) is 0 Å². The second kappa shape index (κ2) is 10.1. The third kappa shape index (κ3) is 7.40. The average Bonchev–Trinajstić information content (AvgIpc) is 2.65. The van der Waals surface area contributed by atoms with E-state index in [-0.39, 0.29) is 19.0 Å². The van der Waals surface area contributed by atoms with Crippen LogP contribution in [-0.4, -0.2) is 45.1 Å². The van der Waals surface area contributed by atoms with Crippen molar-refractivity contribution in [3.63, 3.8) is 0 Å². The molecular weight excluding hydrogens is 364 g/mol. The van der Waals surface area contributed by atoms with Crippen LogP contribution >= 0.6 is 0 Å². The number of sulfonamides is 1. The summed E-state index contributed by atoms with van der Waals surface area (Å²) in [6, 6.07) is 17.0. The molecule has 0 heterocycles. The van der Waals surface area contributed by atoms with E-state index in [0.29, 0.717) is 6.54 Å². The molecule has 146 valence electrons.